The lowest BCUT2D eigenvalue weighted by atomic mass is 10.1. The molecule has 1 aromatic carbocycles. The third-order valence-corrected chi connectivity index (χ3v) is 2.86. The van der Waals surface area contributed by atoms with Crippen molar-refractivity contribution in [3.63, 3.8) is 0 Å². The van der Waals surface area contributed by atoms with Crippen LogP contribution in [0.1, 0.15) is 11.1 Å². The van der Waals surface area contributed by atoms with Crippen molar-refractivity contribution in [2.75, 3.05) is 5.32 Å². The van der Waals surface area contributed by atoms with Gasteiger partial charge in [0.1, 0.15) is 5.82 Å². The highest BCUT2D eigenvalue weighted by atomic mass is 35.5. The number of alkyl halides is 3. The Labute approximate surface area is 117 Å². The molecule has 1 heterocycles. The number of rotatable bonds is 3. The van der Waals surface area contributed by atoms with Gasteiger partial charge in [-0.15, -0.1) is 0 Å². The van der Waals surface area contributed by atoms with Crippen LogP contribution in [0.25, 0.3) is 0 Å². The van der Waals surface area contributed by atoms with Crippen molar-refractivity contribution in [2.24, 2.45) is 0 Å². The molecule has 0 aliphatic rings. The highest BCUT2D eigenvalue weighted by Crippen LogP contribution is 2.38. The van der Waals surface area contributed by atoms with Crippen LogP contribution in [0.2, 0.25) is 5.02 Å². The van der Waals surface area contributed by atoms with E-state index in [2.05, 4.69) is 10.3 Å². The van der Waals surface area contributed by atoms with Crippen LogP contribution in [0, 0.1) is 5.82 Å². The van der Waals surface area contributed by atoms with Crippen molar-refractivity contribution < 1.29 is 17.6 Å². The fourth-order valence-electron chi connectivity index (χ4n) is 1.68. The number of hydrogen-bond donors (Lipinski definition) is 1. The molecule has 0 spiro atoms. The van der Waals surface area contributed by atoms with E-state index in [0.29, 0.717) is 5.56 Å². The molecule has 0 unspecified atom stereocenters. The van der Waals surface area contributed by atoms with Crippen molar-refractivity contribution >= 4 is 17.3 Å². The van der Waals surface area contributed by atoms with Gasteiger partial charge in [0, 0.05) is 12.7 Å². The Balaban J connectivity index is 2.25. The summed E-state index contributed by atoms with van der Waals surface area (Å²) in [5.74, 6) is -0.556. The minimum Gasteiger partial charge on any atom is -0.379 e. The quantitative estimate of drug-likeness (QED) is 0.844. The van der Waals surface area contributed by atoms with Gasteiger partial charge >= 0.3 is 6.18 Å². The van der Waals surface area contributed by atoms with E-state index in [1.54, 1.807) is 0 Å². The second kappa shape index (κ2) is 5.66. The van der Waals surface area contributed by atoms with Gasteiger partial charge in [-0.25, -0.2) is 4.39 Å². The molecule has 106 valence electrons. The number of pyridine rings is 1. The Morgan fingerprint density at radius 3 is 2.60 bits per heavy atom. The number of anilines is 1. The minimum absolute atomic E-state index is 0.0163. The summed E-state index contributed by atoms with van der Waals surface area (Å²) in [6.07, 6.45) is -2.15. The molecule has 0 aliphatic carbocycles. The van der Waals surface area contributed by atoms with E-state index in [1.165, 1.54) is 24.4 Å². The number of nitrogens with zero attached hydrogens (tertiary/aromatic N) is 1. The van der Waals surface area contributed by atoms with Gasteiger partial charge in [0.2, 0.25) is 0 Å². The maximum absolute atomic E-state index is 12.9. The fourth-order valence-corrected chi connectivity index (χ4v) is 1.92. The van der Waals surface area contributed by atoms with Crippen LogP contribution in [0.3, 0.4) is 0 Å². The third kappa shape index (κ3) is 3.39. The highest BCUT2D eigenvalue weighted by molar-refractivity contribution is 6.33. The van der Waals surface area contributed by atoms with E-state index in [-0.39, 0.29) is 17.3 Å². The van der Waals surface area contributed by atoms with Crippen LogP contribution >= 0.6 is 11.6 Å². The van der Waals surface area contributed by atoms with Crippen LogP contribution in [0.15, 0.2) is 36.7 Å². The molecule has 0 fully saturated rings. The molecule has 7 heteroatoms. The number of benzene rings is 1. The molecule has 0 amide bonds. The van der Waals surface area contributed by atoms with Crippen LogP contribution in [-0.4, -0.2) is 4.98 Å². The zero-order valence-electron chi connectivity index (χ0n) is 10.0. The zero-order chi connectivity index (χ0) is 14.8. The summed E-state index contributed by atoms with van der Waals surface area (Å²) >= 11 is 5.78. The van der Waals surface area contributed by atoms with Crippen LogP contribution < -0.4 is 5.32 Å². The molecule has 20 heavy (non-hydrogen) atoms. The number of hydrogen-bond acceptors (Lipinski definition) is 2. The van der Waals surface area contributed by atoms with Crippen LogP contribution in [0.5, 0.6) is 0 Å². The third-order valence-electron chi connectivity index (χ3n) is 2.55. The first-order valence-corrected chi connectivity index (χ1v) is 5.95. The molecule has 2 aromatic rings. The highest BCUT2D eigenvalue weighted by Gasteiger charge is 2.34. The Hall–Kier alpha value is -1.82. The van der Waals surface area contributed by atoms with E-state index in [4.69, 9.17) is 11.6 Å². The van der Waals surface area contributed by atoms with Crippen molar-refractivity contribution in [1.82, 2.24) is 4.98 Å². The number of aromatic nitrogens is 1. The molecule has 1 aromatic heterocycles. The summed E-state index contributed by atoms with van der Waals surface area (Å²) in [4.78, 5) is 3.62. The molecule has 1 N–H and O–H groups in total. The van der Waals surface area contributed by atoms with Gasteiger partial charge in [-0.3, -0.25) is 4.98 Å². The second-order valence-corrected chi connectivity index (χ2v) is 4.43. The Bertz CT molecular complexity index is 614. The first kappa shape index (κ1) is 14.6. The molecule has 2 rings (SSSR count). The summed E-state index contributed by atoms with van der Waals surface area (Å²) in [5.41, 5.74) is -0.682. The van der Waals surface area contributed by atoms with Gasteiger partial charge in [0.15, 0.2) is 0 Å². The summed E-state index contributed by atoms with van der Waals surface area (Å²) in [6.45, 7) is -0.0163. The Morgan fingerprint density at radius 2 is 1.95 bits per heavy atom. The lowest BCUT2D eigenvalue weighted by Crippen LogP contribution is -2.11. The maximum Gasteiger partial charge on any atom is 0.418 e. The van der Waals surface area contributed by atoms with E-state index >= 15 is 0 Å². The first-order chi connectivity index (χ1) is 9.38. The van der Waals surface area contributed by atoms with Gasteiger partial charge in [0.05, 0.1) is 22.5 Å². The molecule has 0 saturated heterocycles. The number of halogens is 5. The van der Waals surface area contributed by atoms with Crippen molar-refractivity contribution in [1.29, 1.82) is 0 Å². The molecule has 2 nitrogen and oxygen atoms in total. The molecule has 0 radical (unpaired) electrons. The standard InChI is InChI=1S/C13H9ClF4N2/c14-11-3-1-2-10(13(16,17)18)12(11)20-6-8-4-9(15)7-19-5-8/h1-5,7,20H,6H2. The number of para-hydroxylation sites is 1. The van der Waals surface area contributed by atoms with Gasteiger partial charge in [0.25, 0.3) is 0 Å². The van der Waals surface area contributed by atoms with E-state index in [0.717, 1.165) is 12.3 Å². The fraction of sp³-hybridized carbons (Fsp3) is 0.154. The maximum atomic E-state index is 12.9. The summed E-state index contributed by atoms with van der Waals surface area (Å²) in [5, 5.41) is 2.52. The SMILES string of the molecule is Fc1cncc(CNc2c(Cl)cccc2C(F)(F)F)c1. The normalized spacial score (nSPS) is 11.4. The average Bonchev–Trinajstić information content (AvgIpc) is 2.36. The van der Waals surface area contributed by atoms with Crippen LogP contribution in [-0.2, 0) is 12.7 Å². The largest absolute Gasteiger partial charge is 0.418 e. The van der Waals surface area contributed by atoms with E-state index < -0.39 is 17.6 Å². The van der Waals surface area contributed by atoms with Gasteiger partial charge < -0.3 is 5.32 Å². The van der Waals surface area contributed by atoms with Crippen LogP contribution in [0.4, 0.5) is 23.2 Å². The summed E-state index contributed by atoms with van der Waals surface area (Å²) in [7, 11) is 0. The molecule has 0 atom stereocenters. The van der Waals surface area contributed by atoms with Gasteiger partial charge in [-0.2, -0.15) is 13.2 Å². The van der Waals surface area contributed by atoms with Crippen molar-refractivity contribution in [3.8, 4) is 0 Å². The minimum atomic E-state index is -4.52. The lowest BCUT2D eigenvalue weighted by Gasteiger charge is -2.15. The monoisotopic (exact) mass is 304 g/mol. The molecular weight excluding hydrogens is 296 g/mol. The molecule has 0 aliphatic heterocycles. The average molecular weight is 305 g/mol. The topological polar surface area (TPSA) is 24.9 Å². The summed E-state index contributed by atoms with van der Waals surface area (Å²) < 4.78 is 51.5. The molecule has 0 bridgehead atoms. The first-order valence-electron chi connectivity index (χ1n) is 5.57. The number of nitrogens with one attached hydrogen (secondary N) is 1. The van der Waals surface area contributed by atoms with Crippen molar-refractivity contribution in [3.05, 3.63) is 58.6 Å². The predicted molar refractivity (Wildman–Crippen MR) is 68.0 cm³/mol. The summed E-state index contributed by atoms with van der Waals surface area (Å²) in [6, 6.07) is 4.69. The van der Waals surface area contributed by atoms with Gasteiger partial charge in [-0.1, -0.05) is 17.7 Å². The van der Waals surface area contributed by atoms with E-state index in [1.807, 2.05) is 0 Å². The lowest BCUT2D eigenvalue weighted by molar-refractivity contribution is -0.136. The molecule has 0 saturated carbocycles. The molecular formula is C13H9ClF4N2. The smallest absolute Gasteiger partial charge is 0.379 e. The Kier molecular flexibility index (Phi) is 4.13. The second-order valence-electron chi connectivity index (χ2n) is 4.03. The van der Waals surface area contributed by atoms with E-state index in [9.17, 15) is 17.6 Å². The Morgan fingerprint density at radius 1 is 1.20 bits per heavy atom. The zero-order valence-corrected chi connectivity index (χ0v) is 10.8. The van der Waals surface area contributed by atoms with Crippen molar-refractivity contribution in [2.45, 2.75) is 12.7 Å². The predicted octanol–water partition coefficient (Wildman–Crippen LogP) is 4.51. The van der Waals surface area contributed by atoms with Gasteiger partial charge in [-0.05, 0) is 23.8 Å².